The Labute approximate surface area is 172 Å². The number of halogens is 1. The molecule has 9 heteroatoms. The Morgan fingerprint density at radius 3 is 2.54 bits per heavy atom. The van der Waals surface area contributed by atoms with Crippen LogP contribution in [0.5, 0.6) is 0 Å². The second-order valence-electron chi connectivity index (χ2n) is 5.70. The lowest BCUT2D eigenvalue weighted by molar-refractivity contribution is -0.384. The van der Waals surface area contributed by atoms with E-state index in [0.717, 1.165) is 50.7 Å². The minimum absolute atomic E-state index is 0. The number of rotatable bonds is 11. The Balaban J connectivity index is 0.00000625. The molecule has 0 aliphatic rings. The van der Waals surface area contributed by atoms with Crippen LogP contribution in [0, 0.1) is 10.1 Å². The van der Waals surface area contributed by atoms with Crippen LogP contribution < -0.4 is 10.6 Å². The average Bonchev–Trinajstić information content (AvgIpc) is 2.60. The number of methoxy groups -OCH3 is 1. The van der Waals surface area contributed by atoms with E-state index in [1.165, 1.54) is 12.1 Å². The van der Waals surface area contributed by atoms with Gasteiger partial charge in [0.25, 0.3) is 5.69 Å². The maximum absolute atomic E-state index is 10.7. The Morgan fingerprint density at radius 2 is 1.96 bits per heavy atom. The third kappa shape index (κ3) is 10.5. The summed E-state index contributed by atoms with van der Waals surface area (Å²) in [5, 5.41) is 17.2. The van der Waals surface area contributed by atoms with E-state index < -0.39 is 4.92 Å². The molecular formula is C17H30IN5O3. The highest BCUT2D eigenvalue weighted by molar-refractivity contribution is 14.0. The molecule has 0 aromatic heterocycles. The van der Waals surface area contributed by atoms with E-state index in [1.807, 2.05) is 6.92 Å². The molecule has 26 heavy (non-hydrogen) atoms. The number of nitrogens with zero attached hydrogens (tertiary/aromatic N) is 3. The molecule has 0 spiro atoms. The molecular weight excluding hydrogens is 449 g/mol. The van der Waals surface area contributed by atoms with Gasteiger partial charge in [-0.05, 0) is 26.0 Å². The average molecular weight is 479 g/mol. The van der Waals surface area contributed by atoms with E-state index in [2.05, 4.69) is 27.6 Å². The zero-order valence-electron chi connectivity index (χ0n) is 15.7. The van der Waals surface area contributed by atoms with Crippen molar-refractivity contribution in [3.63, 3.8) is 0 Å². The van der Waals surface area contributed by atoms with Crippen LogP contribution in [0.1, 0.15) is 18.9 Å². The highest BCUT2D eigenvalue weighted by Crippen LogP contribution is 2.12. The summed E-state index contributed by atoms with van der Waals surface area (Å²) in [5.74, 6) is 0.742. The first-order chi connectivity index (χ1) is 12.1. The number of hydrogen-bond acceptors (Lipinski definition) is 5. The minimum atomic E-state index is -0.401. The van der Waals surface area contributed by atoms with Gasteiger partial charge in [0.2, 0.25) is 0 Å². The van der Waals surface area contributed by atoms with Crippen LogP contribution in [0.3, 0.4) is 0 Å². The molecule has 8 nitrogen and oxygen atoms in total. The van der Waals surface area contributed by atoms with Gasteiger partial charge in [0.1, 0.15) is 0 Å². The van der Waals surface area contributed by atoms with Crippen molar-refractivity contribution in [3.8, 4) is 0 Å². The van der Waals surface area contributed by atoms with E-state index in [-0.39, 0.29) is 29.7 Å². The van der Waals surface area contributed by atoms with Crippen LogP contribution >= 0.6 is 24.0 Å². The SMILES string of the molecule is CCNC(=NCc1ccc([N+](=O)[O-])cc1)NCCN(C)CCCOC.I. The highest BCUT2D eigenvalue weighted by atomic mass is 127. The fraction of sp³-hybridized carbons (Fsp3) is 0.588. The van der Waals surface area contributed by atoms with E-state index in [4.69, 9.17) is 4.74 Å². The number of benzene rings is 1. The van der Waals surface area contributed by atoms with Crippen molar-refractivity contribution in [2.24, 2.45) is 4.99 Å². The van der Waals surface area contributed by atoms with E-state index in [1.54, 1.807) is 19.2 Å². The maximum atomic E-state index is 10.7. The predicted molar refractivity (Wildman–Crippen MR) is 115 cm³/mol. The Morgan fingerprint density at radius 1 is 1.27 bits per heavy atom. The summed E-state index contributed by atoms with van der Waals surface area (Å²) in [6.45, 7) is 6.72. The van der Waals surface area contributed by atoms with Crippen molar-refractivity contribution in [2.75, 3.05) is 46.9 Å². The number of guanidine groups is 1. The second kappa shape index (κ2) is 14.7. The molecule has 0 radical (unpaired) electrons. The quantitative estimate of drug-likeness (QED) is 0.126. The smallest absolute Gasteiger partial charge is 0.269 e. The number of likely N-dealkylation sites (N-methyl/N-ethyl adjacent to an activating group) is 1. The van der Waals surface area contributed by atoms with Gasteiger partial charge in [-0.1, -0.05) is 12.1 Å². The zero-order valence-corrected chi connectivity index (χ0v) is 18.1. The van der Waals surface area contributed by atoms with Gasteiger partial charge in [-0.3, -0.25) is 10.1 Å². The van der Waals surface area contributed by atoms with Crippen LogP contribution in [-0.4, -0.2) is 62.7 Å². The van der Waals surface area contributed by atoms with Gasteiger partial charge in [0.05, 0.1) is 11.5 Å². The van der Waals surface area contributed by atoms with E-state index in [9.17, 15) is 10.1 Å². The number of nitrogens with one attached hydrogen (secondary N) is 2. The number of nitro groups is 1. The number of non-ortho nitro benzene ring substituents is 1. The molecule has 0 saturated carbocycles. The fourth-order valence-electron chi connectivity index (χ4n) is 2.19. The summed E-state index contributed by atoms with van der Waals surface area (Å²) in [7, 11) is 3.80. The Bertz CT molecular complexity index is 540. The van der Waals surface area contributed by atoms with Crippen LogP contribution in [0.2, 0.25) is 0 Å². The van der Waals surface area contributed by atoms with E-state index in [0.29, 0.717) is 6.54 Å². The molecule has 0 heterocycles. The molecule has 2 N–H and O–H groups in total. The molecule has 0 unspecified atom stereocenters. The minimum Gasteiger partial charge on any atom is -0.385 e. The van der Waals surface area contributed by atoms with Gasteiger partial charge >= 0.3 is 0 Å². The highest BCUT2D eigenvalue weighted by Gasteiger charge is 2.04. The molecule has 1 rings (SSSR count). The van der Waals surface area contributed by atoms with E-state index >= 15 is 0 Å². The summed E-state index contributed by atoms with van der Waals surface area (Å²) in [4.78, 5) is 17.0. The van der Waals surface area contributed by atoms with Crippen molar-refractivity contribution in [1.29, 1.82) is 0 Å². The van der Waals surface area contributed by atoms with Crippen molar-refractivity contribution in [3.05, 3.63) is 39.9 Å². The van der Waals surface area contributed by atoms with Crippen LogP contribution in [0.15, 0.2) is 29.3 Å². The largest absolute Gasteiger partial charge is 0.385 e. The lowest BCUT2D eigenvalue weighted by atomic mass is 10.2. The number of ether oxygens (including phenoxy) is 1. The monoisotopic (exact) mass is 479 g/mol. The number of aliphatic imine (C=N–C) groups is 1. The standard InChI is InChI=1S/C17H29N5O3.HI/c1-4-18-17(19-10-12-21(2)11-5-13-25-3)20-14-15-6-8-16(9-7-15)22(23)24;/h6-9H,4-5,10-14H2,1-3H3,(H2,18,19,20);1H. The Kier molecular flexibility index (Phi) is 13.9. The molecule has 0 saturated heterocycles. The predicted octanol–water partition coefficient (Wildman–Crippen LogP) is 2.24. The van der Waals surface area contributed by atoms with Crippen molar-refractivity contribution in [1.82, 2.24) is 15.5 Å². The van der Waals surface area contributed by atoms with Crippen molar-refractivity contribution >= 4 is 35.6 Å². The maximum Gasteiger partial charge on any atom is 0.269 e. The lowest BCUT2D eigenvalue weighted by Gasteiger charge is -2.18. The van der Waals surface area contributed by atoms with Crippen LogP contribution in [0.25, 0.3) is 0 Å². The summed E-state index contributed by atoms with van der Waals surface area (Å²) < 4.78 is 5.05. The van der Waals surface area contributed by atoms with Gasteiger partial charge in [-0.25, -0.2) is 4.99 Å². The zero-order chi connectivity index (χ0) is 18.5. The van der Waals surface area contributed by atoms with Crippen molar-refractivity contribution in [2.45, 2.75) is 19.9 Å². The first-order valence-corrected chi connectivity index (χ1v) is 8.49. The van der Waals surface area contributed by atoms with Crippen LogP contribution in [-0.2, 0) is 11.3 Å². The van der Waals surface area contributed by atoms with Crippen LogP contribution in [0.4, 0.5) is 5.69 Å². The molecule has 148 valence electrons. The summed E-state index contributed by atoms with van der Waals surface area (Å²) in [6.07, 6.45) is 1.02. The molecule has 0 bridgehead atoms. The third-order valence-electron chi connectivity index (χ3n) is 3.59. The number of hydrogen-bond donors (Lipinski definition) is 2. The first-order valence-electron chi connectivity index (χ1n) is 8.49. The van der Waals surface area contributed by atoms with Gasteiger partial charge in [0.15, 0.2) is 5.96 Å². The topological polar surface area (TPSA) is 92.0 Å². The second-order valence-corrected chi connectivity index (χ2v) is 5.70. The summed E-state index contributed by atoms with van der Waals surface area (Å²) in [5.41, 5.74) is 1.02. The van der Waals surface area contributed by atoms with Crippen molar-refractivity contribution < 1.29 is 9.66 Å². The van der Waals surface area contributed by atoms with Gasteiger partial charge < -0.3 is 20.3 Å². The normalized spacial score (nSPS) is 11.2. The molecule has 1 aromatic rings. The molecule has 0 fully saturated rings. The van der Waals surface area contributed by atoms with Gasteiger partial charge in [-0.2, -0.15) is 0 Å². The Hall–Kier alpha value is -1.46. The molecule has 0 aliphatic heterocycles. The molecule has 1 aromatic carbocycles. The molecule has 0 amide bonds. The lowest BCUT2D eigenvalue weighted by Crippen LogP contribution is -2.41. The molecule has 0 atom stereocenters. The fourth-order valence-corrected chi connectivity index (χ4v) is 2.19. The van der Waals surface area contributed by atoms with Gasteiger partial charge in [0, 0.05) is 52.0 Å². The third-order valence-corrected chi connectivity index (χ3v) is 3.59. The van der Waals surface area contributed by atoms with Gasteiger partial charge in [-0.15, -0.1) is 24.0 Å². The number of nitro benzene ring substituents is 1. The molecule has 0 aliphatic carbocycles. The summed E-state index contributed by atoms with van der Waals surface area (Å²) >= 11 is 0. The first kappa shape index (κ1) is 24.5. The summed E-state index contributed by atoms with van der Waals surface area (Å²) in [6, 6.07) is 6.46.